The van der Waals surface area contributed by atoms with Crippen LogP contribution in [0.5, 0.6) is 0 Å². The van der Waals surface area contributed by atoms with Gasteiger partial charge in [-0.1, -0.05) is 6.92 Å². The fourth-order valence-electron chi connectivity index (χ4n) is 1.71. The van der Waals surface area contributed by atoms with E-state index in [1.54, 1.807) is 0 Å². The zero-order valence-electron chi connectivity index (χ0n) is 8.63. The molecule has 0 aliphatic carbocycles. The van der Waals surface area contributed by atoms with Gasteiger partial charge >= 0.3 is 5.51 Å². The molecule has 0 amide bonds. The minimum atomic E-state index is -4.12. The molecule has 0 saturated carbocycles. The third kappa shape index (κ3) is 5.08. The Kier molecular flexibility index (Phi) is 4.73. The standard InChI is InChI=1S/C9H16F3NOS/c1-7-6-13(3-2-8(7)14)4-5-15-9(10,11)12/h7-8,14H,2-6H2,1H3. The number of hydrogen-bond acceptors (Lipinski definition) is 3. The summed E-state index contributed by atoms with van der Waals surface area (Å²) in [6.45, 7) is 3.76. The number of aliphatic hydroxyl groups excluding tert-OH is 1. The maximum atomic E-state index is 11.9. The minimum absolute atomic E-state index is 0.0251. The Morgan fingerprint density at radius 3 is 2.67 bits per heavy atom. The molecule has 6 heteroatoms. The van der Waals surface area contributed by atoms with Gasteiger partial charge in [-0.15, -0.1) is 0 Å². The van der Waals surface area contributed by atoms with Gasteiger partial charge in [0.2, 0.25) is 0 Å². The molecule has 1 saturated heterocycles. The van der Waals surface area contributed by atoms with Gasteiger partial charge in [-0.05, 0) is 24.1 Å². The molecule has 0 aromatic heterocycles. The molecule has 1 aliphatic rings. The van der Waals surface area contributed by atoms with Crippen molar-refractivity contribution in [3.63, 3.8) is 0 Å². The van der Waals surface area contributed by atoms with E-state index >= 15 is 0 Å². The van der Waals surface area contributed by atoms with Gasteiger partial charge in [0.1, 0.15) is 0 Å². The van der Waals surface area contributed by atoms with Crippen LogP contribution in [0.15, 0.2) is 0 Å². The van der Waals surface area contributed by atoms with Gasteiger partial charge < -0.3 is 10.0 Å². The monoisotopic (exact) mass is 243 g/mol. The SMILES string of the molecule is CC1CN(CCSC(F)(F)F)CCC1O. The molecule has 1 fully saturated rings. The summed E-state index contributed by atoms with van der Waals surface area (Å²) in [6, 6.07) is 0. The maximum absolute atomic E-state index is 11.9. The summed E-state index contributed by atoms with van der Waals surface area (Å²) >= 11 is 0.0251. The molecule has 0 radical (unpaired) electrons. The number of alkyl halides is 3. The quantitative estimate of drug-likeness (QED) is 0.819. The summed E-state index contributed by atoms with van der Waals surface area (Å²) in [5.74, 6) is 0.237. The van der Waals surface area contributed by atoms with Crippen LogP contribution in [0.4, 0.5) is 13.2 Å². The smallest absolute Gasteiger partial charge is 0.393 e. The van der Waals surface area contributed by atoms with Crippen molar-refractivity contribution in [1.29, 1.82) is 0 Å². The molecule has 0 aromatic rings. The van der Waals surface area contributed by atoms with Crippen LogP contribution < -0.4 is 0 Å². The topological polar surface area (TPSA) is 23.5 Å². The van der Waals surface area contributed by atoms with Crippen molar-refractivity contribution < 1.29 is 18.3 Å². The second-order valence-corrected chi connectivity index (χ2v) is 5.09. The number of likely N-dealkylation sites (tertiary alicyclic amines) is 1. The Labute approximate surface area is 91.8 Å². The van der Waals surface area contributed by atoms with Crippen LogP contribution in [0, 0.1) is 5.92 Å². The van der Waals surface area contributed by atoms with Gasteiger partial charge in [-0.25, -0.2) is 0 Å². The van der Waals surface area contributed by atoms with Crippen LogP contribution in [0.1, 0.15) is 13.3 Å². The van der Waals surface area contributed by atoms with E-state index in [4.69, 9.17) is 0 Å². The Balaban J connectivity index is 2.17. The van der Waals surface area contributed by atoms with Crippen molar-refractivity contribution in [3.05, 3.63) is 0 Å². The number of thioether (sulfide) groups is 1. The van der Waals surface area contributed by atoms with Gasteiger partial charge in [-0.3, -0.25) is 0 Å². The first-order valence-corrected chi connectivity index (χ1v) is 5.98. The lowest BCUT2D eigenvalue weighted by atomic mass is 9.97. The Bertz CT molecular complexity index is 200. The first-order chi connectivity index (χ1) is 6.88. The van der Waals surface area contributed by atoms with Crippen molar-refractivity contribution in [2.45, 2.75) is 25.0 Å². The highest BCUT2D eigenvalue weighted by Gasteiger charge is 2.29. The summed E-state index contributed by atoms with van der Waals surface area (Å²) in [7, 11) is 0. The molecule has 0 aromatic carbocycles. The molecule has 15 heavy (non-hydrogen) atoms. The third-order valence-corrected chi connectivity index (χ3v) is 3.33. The van der Waals surface area contributed by atoms with E-state index < -0.39 is 5.51 Å². The summed E-state index contributed by atoms with van der Waals surface area (Å²) in [4.78, 5) is 1.98. The molecule has 2 atom stereocenters. The summed E-state index contributed by atoms with van der Waals surface area (Å²) < 4.78 is 35.6. The first kappa shape index (κ1) is 13.1. The van der Waals surface area contributed by atoms with Gasteiger partial charge in [0.25, 0.3) is 0 Å². The van der Waals surface area contributed by atoms with Crippen molar-refractivity contribution in [2.24, 2.45) is 5.92 Å². The predicted octanol–water partition coefficient (Wildman–Crippen LogP) is 1.94. The van der Waals surface area contributed by atoms with Gasteiger partial charge in [0.05, 0.1) is 6.10 Å². The zero-order valence-corrected chi connectivity index (χ0v) is 9.44. The molecule has 0 bridgehead atoms. The minimum Gasteiger partial charge on any atom is -0.393 e. The molecular weight excluding hydrogens is 227 g/mol. The number of aliphatic hydroxyl groups is 1. The average molecular weight is 243 g/mol. The lowest BCUT2D eigenvalue weighted by Crippen LogP contribution is -2.42. The Hall–Kier alpha value is 0.0600. The van der Waals surface area contributed by atoms with E-state index in [-0.39, 0.29) is 29.5 Å². The fraction of sp³-hybridized carbons (Fsp3) is 1.00. The van der Waals surface area contributed by atoms with Crippen molar-refractivity contribution in [2.75, 3.05) is 25.4 Å². The molecule has 0 spiro atoms. The second-order valence-electron chi connectivity index (χ2n) is 3.93. The highest BCUT2D eigenvalue weighted by Crippen LogP contribution is 2.30. The summed E-state index contributed by atoms with van der Waals surface area (Å²) in [6.07, 6.45) is 0.370. The Morgan fingerprint density at radius 2 is 2.13 bits per heavy atom. The summed E-state index contributed by atoms with van der Waals surface area (Å²) in [5, 5.41) is 9.44. The molecule has 1 aliphatic heterocycles. The van der Waals surface area contributed by atoms with E-state index in [9.17, 15) is 18.3 Å². The van der Waals surface area contributed by atoms with Crippen LogP contribution in [0.2, 0.25) is 0 Å². The van der Waals surface area contributed by atoms with Crippen LogP contribution in [-0.2, 0) is 0 Å². The average Bonchev–Trinajstić information content (AvgIpc) is 2.09. The molecule has 90 valence electrons. The predicted molar refractivity (Wildman–Crippen MR) is 54.7 cm³/mol. The van der Waals surface area contributed by atoms with Gasteiger partial charge in [0, 0.05) is 25.4 Å². The van der Waals surface area contributed by atoms with Gasteiger partial charge in [0.15, 0.2) is 0 Å². The fourth-order valence-corrected chi connectivity index (χ4v) is 2.29. The normalized spacial score (nSPS) is 29.4. The molecule has 1 heterocycles. The largest absolute Gasteiger partial charge is 0.441 e. The highest BCUT2D eigenvalue weighted by atomic mass is 32.2. The van der Waals surface area contributed by atoms with E-state index in [2.05, 4.69) is 0 Å². The summed E-state index contributed by atoms with van der Waals surface area (Å²) in [5.41, 5.74) is -4.12. The van der Waals surface area contributed by atoms with Crippen LogP contribution in [-0.4, -0.2) is 47.0 Å². The maximum Gasteiger partial charge on any atom is 0.441 e. The van der Waals surface area contributed by atoms with Crippen molar-refractivity contribution in [3.8, 4) is 0 Å². The number of halogens is 3. The van der Waals surface area contributed by atoms with Crippen LogP contribution >= 0.6 is 11.8 Å². The molecule has 2 unspecified atom stereocenters. The van der Waals surface area contributed by atoms with Crippen LogP contribution in [0.25, 0.3) is 0 Å². The molecule has 1 rings (SSSR count). The first-order valence-electron chi connectivity index (χ1n) is 4.99. The van der Waals surface area contributed by atoms with Crippen molar-refractivity contribution >= 4 is 11.8 Å². The number of piperidine rings is 1. The Morgan fingerprint density at radius 1 is 1.47 bits per heavy atom. The molecule has 2 nitrogen and oxygen atoms in total. The van der Waals surface area contributed by atoms with E-state index in [1.165, 1.54) is 0 Å². The second kappa shape index (κ2) is 5.41. The van der Waals surface area contributed by atoms with E-state index in [1.807, 2.05) is 11.8 Å². The molecular formula is C9H16F3NOS. The lowest BCUT2D eigenvalue weighted by molar-refractivity contribution is -0.0330. The highest BCUT2D eigenvalue weighted by molar-refractivity contribution is 8.00. The lowest BCUT2D eigenvalue weighted by Gasteiger charge is -2.34. The molecule has 1 N–H and O–H groups in total. The van der Waals surface area contributed by atoms with Crippen molar-refractivity contribution in [1.82, 2.24) is 4.90 Å². The van der Waals surface area contributed by atoms with Gasteiger partial charge in [-0.2, -0.15) is 13.2 Å². The van der Waals surface area contributed by atoms with Crippen LogP contribution in [0.3, 0.4) is 0 Å². The van der Waals surface area contributed by atoms with E-state index in [0.29, 0.717) is 26.1 Å². The zero-order chi connectivity index (χ0) is 11.5. The number of nitrogens with zero attached hydrogens (tertiary/aromatic N) is 1. The number of rotatable bonds is 3. The third-order valence-electron chi connectivity index (χ3n) is 2.62. The number of hydrogen-bond donors (Lipinski definition) is 1. The van der Waals surface area contributed by atoms with E-state index in [0.717, 1.165) is 0 Å².